The van der Waals surface area contributed by atoms with Gasteiger partial charge in [-0.2, -0.15) is 0 Å². The first-order valence-corrected chi connectivity index (χ1v) is 6.67. The van der Waals surface area contributed by atoms with Gasteiger partial charge in [-0.3, -0.25) is 0 Å². The van der Waals surface area contributed by atoms with Crippen molar-refractivity contribution in [1.29, 1.82) is 0 Å². The number of benzene rings is 1. The largest absolute Gasteiger partial charge is 0.342 e. The van der Waals surface area contributed by atoms with Gasteiger partial charge in [-0.1, -0.05) is 6.07 Å². The summed E-state index contributed by atoms with van der Waals surface area (Å²) in [4.78, 5) is 7.82. The van der Waals surface area contributed by atoms with Gasteiger partial charge in [-0.05, 0) is 57.4 Å². The maximum Gasteiger partial charge on any atom is 0.108 e. The molecule has 0 aliphatic rings. The molecule has 2 aromatic rings. The number of aryl methyl sites for hydroxylation is 3. The number of aromatic nitrogens is 2. The van der Waals surface area contributed by atoms with Crippen LogP contribution in [0.5, 0.6) is 0 Å². The summed E-state index contributed by atoms with van der Waals surface area (Å²) in [6, 6.07) is 4.44. The van der Waals surface area contributed by atoms with Crippen LogP contribution in [0.25, 0.3) is 11.3 Å². The molecule has 0 aliphatic carbocycles. The van der Waals surface area contributed by atoms with Gasteiger partial charge >= 0.3 is 0 Å². The molecule has 0 unspecified atom stereocenters. The SMILES string of the molecule is Cc1cc(C)c(-c2cnc(CC(C)(C)N)[nH]2)cc1C. The van der Waals surface area contributed by atoms with E-state index in [9.17, 15) is 0 Å². The Labute approximate surface area is 115 Å². The second-order valence-electron chi connectivity index (χ2n) is 6.16. The number of nitrogens with one attached hydrogen (secondary N) is 1. The van der Waals surface area contributed by atoms with E-state index < -0.39 is 0 Å². The topological polar surface area (TPSA) is 54.7 Å². The molecule has 0 saturated carbocycles. The van der Waals surface area contributed by atoms with E-state index >= 15 is 0 Å². The molecule has 0 fully saturated rings. The van der Waals surface area contributed by atoms with E-state index in [1.165, 1.54) is 22.3 Å². The lowest BCUT2D eigenvalue weighted by Gasteiger charge is -2.16. The summed E-state index contributed by atoms with van der Waals surface area (Å²) in [6.07, 6.45) is 2.65. The van der Waals surface area contributed by atoms with Crippen LogP contribution in [-0.2, 0) is 6.42 Å². The fourth-order valence-corrected chi connectivity index (χ4v) is 2.27. The average molecular weight is 257 g/mol. The molecular formula is C16H23N3. The molecule has 0 amide bonds. The van der Waals surface area contributed by atoms with E-state index in [2.05, 4.69) is 42.9 Å². The van der Waals surface area contributed by atoms with Crippen molar-refractivity contribution in [1.82, 2.24) is 9.97 Å². The summed E-state index contributed by atoms with van der Waals surface area (Å²) in [5, 5.41) is 0. The Bertz CT molecular complexity index is 589. The van der Waals surface area contributed by atoms with Crippen LogP contribution in [0.15, 0.2) is 18.3 Å². The second-order valence-corrected chi connectivity index (χ2v) is 6.16. The molecule has 102 valence electrons. The standard InChI is InChI=1S/C16H23N3/c1-10-6-12(3)13(7-11(10)2)14-9-18-15(19-14)8-16(4,5)17/h6-7,9H,8,17H2,1-5H3,(H,18,19). The van der Waals surface area contributed by atoms with Crippen molar-refractivity contribution in [3.8, 4) is 11.3 Å². The number of H-pyrrole nitrogens is 1. The highest BCUT2D eigenvalue weighted by atomic mass is 14.9. The van der Waals surface area contributed by atoms with Crippen molar-refractivity contribution in [3.63, 3.8) is 0 Å². The Morgan fingerprint density at radius 2 is 1.74 bits per heavy atom. The minimum Gasteiger partial charge on any atom is -0.342 e. The van der Waals surface area contributed by atoms with Crippen LogP contribution in [0.1, 0.15) is 36.4 Å². The predicted molar refractivity (Wildman–Crippen MR) is 80.2 cm³/mol. The molecule has 0 atom stereocenters. The molecule has 0 radical (unpaired) electrons. The molecule has 3 heteroatoms. The third-order valence-electron chi connectivity index (χ3n) is 3.38. The maximum atomic E-state index is 6.03. The van der Waals surface area contributed by atoms with Crippen LogP contribution in [0.2, 0.25) is 0 Å². The molecule has 0 aliphatic heterocycles. The molecule has 1 heterocycles. The summed E-state index contributed by atoms with van der Waals surface area (Å²) >= 11 is 0. The zero-order chi connectivity index (χ0) is 14.2. The van der Waals surface area contributed by atoms with Gasteiger partial charge in [-0.25, -0.2) is 4.98 Å². The number of nitrogens with zero attached hydrogens (tertiary/aromatic N) is 1. The number of hydrogen-bond donors (Lipinski definition) is 2. The van der Waals surface area contributed by atoms with Gasteiger partial charge in [0.15, 0.2) is 0 Å². The Morgan fingerprint density at radius 3 is 2.37 bits per heavy atom. The molecule has 3 N–H and O–H groups in total. The number of rotatable bonds is 3. The molecular weight excluding hydrogens is 234 g/mol. The van der Waals surface area contributed by atoms with E-state index in [1.807, 2.05) is 20.0 Å². The Kier molecular flexibility index (Phi) is 3.50. The fraction of sp³-hybridized carbons (Fsp3) is 0.438. The van der Waals surface area contributed by atoms with Crippen LogP contribution < -0.4 is 5.73 Å². The second kappa shape index (κ2) is 4.82. The smallest absolute Gasteiger partial charge is 0.108 e. The van der Waals surface area contributed by atoms with Gasteiger partial charge in [0.05, 0.1) is 11.9 Å². The van der Waals surface area contributed by atoms with Crippen molar-refractivity contribution in [2.24, 2.45) is 5.73 Å². The summed E-state index contributed by atoms with van der Waals surface area (Å²) in [5.41, 5.74) is 12.0. The summed E-state index contributed by atoms with van der Waals surface area (Å²) in [7, 11) is 0. The maximum absolute atomic E-state index is 6.03. The minimum absolute atomic E-state index is 0.243. The van der Waals surface area contributed by atoms with Gasteiger partial charge < -0.3 is 10.7 Å². The molecule has 2 rings (SSSR count). The van der Waals surface area contributed by atoms with Crippen molar-refractivity contribution in [2.45, 2.75) is 46.6 Å². The molecule has 19 heavy (non-hydrogen) atoms. The first-order chi connectivity index (χ1) is 8.76. The van der Waals surface area contributed by atoms with Crippen molar-refractivity contribution >= 4 is 0 Å². The first kappa shape index (κ1) is 13.8. The zero-order valence-corrected chi connectivity index (χ0v) is 12.5. The van der Waals surface area contributed by atoms with Crippen LogP contribution >= 0.6 is 0 Å². The van der Waals surface area contributed by atoms with Gasteiger partial charge in [0.1, 0.15) is 5.82 Å². The van der Waals surface area contributed by atoms with Crippen LogP contribution in [0, 0.1) is 20.8 Å². The lowest BCUT2D eigenvalue weighted by atomic mass is 9.99. The third kappa shape index (κ3) is 3.24. The minimum atomic E-state index is -0.243. The molecule has 1 aromatic heterocycles. The highest BCUT2D eigenvalue weighted by Crippen LogP contribution is 2.25. The highest BCUT2D eigenvalue weighted by Gasteiger charge is 2.15. The molecule has 0 spiro atoms. The summed E-state index contributed by atoms with van der Waals surface area (Å²) < 4.78 is 0. The lowest BCUT2D eigenvalue weighted by molar-refractivity contribution is 0.505. The quantitative estimate of drug-likeness (QED) is 0.886. The van der Waals surface area contributed by atoms with Crippen LogP contribution in [0.3, 0.4) is 0 Å². The Balaban J connectivity index is 2.36. The summed E-state index contributed by atoms with van der Waals surface area (Å²) in [5.74, 6) is 0.945. The number of hydrogen-bond acceptors (Lipinski definition) is 2. The van der Waals surface area contributed by atoms with Gasteiger partial charge in [0, 0.05) is 17.5 Å². The van der Waals surface area contributed by atoms with E-state index in [-0.39, 0.29) is 5.54 Å². The number of nitrogens with two attached hydrogens (primary N) is 1. The molecule has 0 bridgehead atoms. The van der Waals surface area contributed by atoms with E-state index in [0.29, 0.717) is 0 Å². The Morgan fingerprint density at radius 1 is 1.11 bits per heavy atom. The predicted octanol–water partition coefficient (Wildman–Crippen LogP) is 3.28. The van der Waals surface area contributed by atoms with Gasteiger partial charge in [0.25, 0.3) is 0 Å². The van der Waals surface area contributed by atoms with E-state index in [1.54, 1.807) is 0 Å². The zero-order valence-electron chi connectivity index (χ0n) is 12.5. The highest BCUT2D eigenvalue weighted by molar-refractivity contribution is 5.65. The van der Waals surface area contributed by atoms with Gasteiger partial charge in [-0.15, -0.1) is 0 Å². The third-order valence-corrected chi connectivity index (χ3v) is 3.38. The normalized spacial score (nSPS) is 11.9. The van der Waals surface area contributed by atoms with Crippen molar-refractivity contribution in [3.05, 3.63) is 40.8 Å². The van der Waals surface area contributed by atoms with Crippen molar-refractivity contribution in [2.75, 3.05) is 0 Å². The fourth-order valence-electron chi connectivity index (χ4n) is 2.27. The van der Waals surface area contributed by atoms with Crippen LogP contribution in [-0.4, -0.2) is 15.5 Å². The molecule has 1 aromatic carbocycles. The lowest BCUT2D eigenvalue weighted by Crippen LogP contribution is -2.34. The first-order valence-electron chi connectivity index (χ1n) is 6.67. The van der Waals surface area contributed by atoms with Crippen molar-refractivity contribution < 1.29 is 0 Å². The monoisotopic (exact) mass is 257 g/mol. The number of aromatic amines is 1. The van der Waals surface area contributed by atoms with E-state index in [0.717, 1.165) is 17.9 Å². The molecule has 0 saturated heterocycles. The van der Waals surface area contributed by atoms with Crippen LogP contribution in [0.4, 0.5) is 0 Å². The molecule has 3 nitrogen and oxygen atoms in total. The number of imidazole rings is 1. The van der Waals surface area contributed by atoms with E-state index in [4.69, 9.17) is 5.73 Å². The summed E-state index contributed by atoms with van der Waals surface area (Å²) in [6.45, 7) is 10.4. The Hall–Kier alpha value is -1.61. The average Bonchev–Trinajstić information content (AvgIpc) is 2.69. The van der Waals surface area contributed by atoms with Gasteiger partial charge in [0.2, 0.25) is 0 Å².